The Hall–Kier alpha value is -6.06. The van der Waals surface area contributed by atoms with Crippen molar-refractivity contribution >= 4 is 41.5 Å². The molecule has 1 unspecified atom stereocenters. The third kappa shape index (κ3) is 16.3. The minimum atomic E-state index is -1.000. The second-order valence-electron chi connectivity index (χ2n) is 13.7. The van der Waals surface area contributed by atoms with Crippen molar-refractivity contribution in [2.45, 2.75) is 78.6 Å². The Balaban J connectivity index is 1.67. The summed E-state index contributed by atoms with van der Waals surface area (Å²) in [5, 5.41) is 32.0. The standard InChI is InChI=1S/C39H54N8O10/c1-24(2)35(37(53)43-21-32(49)41-6)46(7)39(55)56-23-25(3)12-13-26(4)44-36(52)27(5)45-33(50)22-42-31(48)11-9-8-10-18-47-34(51)19-30(38(47)54)57-29-16-14-28(20-40)15-17-29/h12-17,19,24,27,31,35,42,48H,8-11,18,21-23H2,1-7H3,(H,41,49)(H,43,53)(H,44,52)(H,45,50)/b25-12+,26-13+/t27-,31?,35+/m1/s1. The summed E-state index contributed by atoms with van der Waals surface area (Å²) in [5.74, 6) is -2.94. The molecule has 7 amide bonds. The van der Waals surface area contributed by atoms with Gasteiger partial charge >= 0.3 is 6.09 Å². The third-order valence-corrected chi connectivity index (χ3v) is 8.48. The monoisotopic (exact) mass is 794 g/mol. The van der Waals surface area contributed by atoms with Gasteiger partial charge in [-0.15, -0.1) is 0 Å². The number of carbonyl (C=O) groups excluding carboxylic acids is 7. The number of hydrogen-bond donors (Lipinski definition) is 6. The van der Waals surface area contributed by atoms with Crippen LogP contribution < -0.4 is 31.3 Å². The van der Waals surface area contributed by atoms with Crippen LogP contribution in [0.3, 0.4) is 0 Å². The zero-order chi connectivity index (χ0) is 42.7. The molecule has 1 aromatic carbocycles. The number of nitriles is 1. The number of carbonyl (C=O) groups is 7. The van der Waals surface area contributed by atoms with E-state index in [0.29, 0.717) is 48.3 Å². The van der Waals surface area contributed by atoms with Crippen LogP contribution in [0.15, 0.2) is 59.5 Å². The zero-order valence-electron chi connectivity index (χ0n) is 33.5. The molecule has 0 spiro atoms. The van der Waals surface area contributed by atoms with Gasteiger partial charge in [-0.05, 0) is 81.9 Å². The molecule has 57 heavy (non-hydrogen) atoms. The van der Waals surface area contributed by atoms with Crippen LogP contribution in [0, 0.1) is 17.2 Å². The first kappa shape index (κ1) is 47.1. The number of unbranched alkanes of at least 4 members (excludes halogenated alkanes) is 2. The maximum atomic E-state index is 12.7. The Bertz CT molecular complexity index is 1750. The van der Waals surface area contributed by atoms with Crippen LogP contribution in [0.2, 0.25) is 0 Å². The molecule has 1 aliphatic rings. The molecular weight excluding hydrogens is 740 g/mol. The smallest absolute Gasteiger partial charge is 0.410 e. The van der Waals surface area contributed by atoms with Gasteiger partial charge < -0.3 is 35.8 Å². The Morgan fingerprint density at radius 3 is 2.28 bits per heavy atom. The Kier molecular flexibility index (Phi) is 19.6. The highest BCUT2D eigenvalue weighted by Crippen LogP contribution is 2.21. The first-order valence-electron chi connectivity index (χ1n) is 18.5. The van der Waals surface area contributed by atoms with Crippen molar-refractivity contribution in [3.8, 4) is 11.8 Å². The van der Waals surface area contributed by atoms with Gasteiger partial charge in [0.2, 0.25) is 23.6 Å². The molecule has 0 saturated heterocycles. The number of aliphatic hydroxyl groups is 1. The van der Waals surface area contributed by atoms with Crippen LogP contribution in [0.4, 0.5) is 4.79 Å². The fourth-order valence-corrected chi connectivity index (χ4v) is 5.29. The van der Waals surface area contributed by atoms with E-state index in [1.54, 1.807) is 39.8 Å². The number of imide groups is 1. The predicted molar refractivity (Wildman–Crippen MR) is 207 cm³/mol. The highest BCUT2D eigenvalue weighted by atomic mass is 16.6. The summed E-state index contributed by atoms with van der Waals surface area (Å²) in [4.78, 5) is 89.0. The Morgan fingerprint density at radius 1 is 0.965 bits per heavy atom. The zero-order valence-corrected chi connectivity index (χ0v) is 33.5. The third-order valence-electron chi connectivity index (χ3n) is 8.48. The molecule has 6 N–H and O–H groups in total. The van der Waals surface area contributed by atoms with Crippen LogP contribution >= 0.6 is 0 Å². The lowest BCUT2D eigenvalue weighted by molar-refractivity contribution is -0.138. The molecule has 0 aromatic heterocycles. The van der Waals surface area contributed by atoms with E-state index in [9.17, 15) is 38.7 Å². The van der Waals surface area contributed by atoms with Crippen molar-refractivity contribution in [3.05, 3.63) is 65.1 Å². The molecular formula is C39H54N8O10. The largest absolute Gasteiger partial charge is 0.451 e. The Labute approximate surface area is 332 Å². The summed E-state index contributed by atoms with van der Waals surface area (Å²) in [6.45, 7) is 8.00. The summed E-state index contributed by atoms with van der Waals surface area (Å²) < 4.78 is 10.9. The number of ether oxygens (including phenoxy) is 2. The number of nitrogens with one attached hydrogen (secondary N) is 5. The van der Waals surface area contributed by atoms with E-state index in [4.69, 9.17) is 14.7 Å². The average molecular weight is 795 g/mol. The summed E-state index contributed by atoms with van der Waals surface area (Å²) in [6, 6.07) is 6.36. The molecule has 18 heteroatoms. The van der Waals surface area contributed by atoms with Gasteiger partial charge in [-0.3, -0.25) is 43.9 Å². The lowest BCUT2D eigenvalue weighted by atomic mass is 10.0. The molecule has 1 aromatic rings. The van der Waals surface area contributed by atoms with Crippen molar-refractivity contribution in [1.82, 2.24) is 36.4 Å². The molecule has 2 rings (SSSR count). The van der Waals surface area contributed by atoms with Gasteiger partial charge in [0.1, 0.15) is 30.7 Å². The fourth-order valence-electron chi connectivity index (χ4n) is 5.29. The number of rotatable bonds is 22. The van der Waals surface area contributed by atoms with E-state index in [0.717, 1.165) is 11.0 Å². The highest BCUT2D eigenvalue weighted by molar-refractivity contribution is 6.15. The second kappa shape index (κ2) is 23.8. The van der Waals surface area contributed by atoms with Gasteiger partial charge in [0.05, 0.1) is 30.8 Å². The van der Waals surface area contributed by atoms with Crippen molar-refractivity contribution in [3.63, 3.8) is 0 Å². The fraction of sp³-hybridized carbons (Fsp3) is 0.487. The van der Waals surface area contributed by atoms with Gasteiger partial charge in [0, 0.05) is 26.3 Å². The molecule has 0 aliphatic carbocycles. The first-order chi connectivity index (χ1) is 27.0. The molecule has 18 nitrogen and oxygen atoms in total. The molecule has 0 saturated carbocycles. The molecule has 1 aliphatic heterocycles. The number of benzene rings is 1. The second-order valence-corrected chi connectivity index (χ2v) is 13.7. The van der Waals surface area contributed by atoms with E-state index in [-0.39, 0.29) is 43.8 Å². The lowest BCUT2D eigenvalue weighted by Crippen LogP contribution is -2.52. The number of amides is 7. The summed E-state index contributed by atoms with van der Waals surface area (Å²) >= 11 is 0. The normalized spacial score (nSPS) is 14.5. The van der Waals surface area contributed by atoms with E-state index in [2.05, 4.69) is 26.6 Å². The van der Waals surface area contributed by atoms with Gasteiger partial charge in [-0.2, -0.15) is 5.26 Å². The average Bonchev–Trinajstić information content (AvgIpc) is 3.44. The molecule has 3 atom stereocenters. The van der Waals surface area contributed by atoms with Crippen LogP contribution in [-0.4, -0.2) is 115 Å². The van der Waals surface area contributed by atoms with Gasteiger partial charge in [0.15, 0.2) is 5.76 Å². The van der Waals surface area contributed by atoms with E-state index < -0.39 is 53.9 Å². The first-order valence-corrected chi connectivity index (χ1v) is 18.5. The molecule has 310 valence electrons. The van der Waals surface area contributed by atoms with Crippen molar-refractivity contribution in [2.24, 2.45) is 5.92 Å². The van der Waals surface area contributed by atoms with Crippen LogP contribution in [-0.2, 0) is 33.5 Å². The SMILES string of the molecule is CNC(=O)CNC(=O)[C@H](C(C)C)N(C)C(=O)OC/C(C)=C/C=C(\C)NC(=O)[C@@H](C)NC(=O)CNC(O)CCCCCN1C(=O)C=C(Oc2ccc(C#N)cc2)C1=O. The summed E-state index contributed by atoms with van der Waals surface area (Å²) in [5.41, 5.74) is 1.52. The van der Waals surface area contributed by atoms with Crippen molar-refractivity contribution in [1.29, 1.82) is 5.26 Å². The molecule has 0 fully saturated rings. The molecule has 1 heterocycles. The molecule has 0 radical (unpaired) electrons. The van der Waals surface area contributed by atoms with Crippen LogP contribution in [0.25, 0.3) is 0 Å². The minimum absolute atomic E-state index is 0.0886. The van der Waals surface area contributed by atoms with Crippen LogP contribution in [0.5, 0.6) is 5.75 Å². The van der Waals surface area contributed by atoms with E-state index in [1.807, 2.05) is 6.07 Å². The van der Waals surface area contributed by atoms with E-state index >= 15 is 0 Å². The van der Waals surface area contributed by atoms with Gasteiger partial charge in [-0.25, -0.2) is 4.79 Å². The summed E-state index contributed by atoms with van der Waals surface area (Å²) in [6.07, 6.45) is 4.57. The number of hydrogen-bond acceptors (Lipinski definition) is 12. The number of allylic oxidation sites excluding steroid dienone is 3. The summed E-state index contributed by atoms with van der Waals surface area (Å²) in [7, 11) is 2.88. The maximum absolute atomic E-state index is 12.7. The number of likely N-dealkylation sites (N-methyl/N-ethyl adjacent to an activating group) is 2. The highest BCUT2D eigenvalue weighted by Gasteiger charge is 2.33. The van der Waals surface area contributed by atoms with Gasteiger partial charge in [-0.1, -0.05) is 26.3 Å². The maximum Gasteiger partial charge on any atom is 0.410 e. The number of aliphatic hydroxyl groups excluding tert-OH is 1. The number of nitrogens with zero attached hydrogens (tertiary/aromatic N) is 3. The Morgan fingerprint density at radius 2 is 1.65 bits per heavy atom. The van der Waals surface area contributed by atoms with Crippen LogP contribution in [0.1, 0.15) is 65.9 Å². The topological polar surface area (TPSA) is 249 Å². The minimum Gasteiger partial charge on any atom is -0.451 e. The van der Waals surface area contributed by atoms with Gasteiger partial charge in [0.25, 0.3) is 11.8 Å². The molecule has 0 bridgehead atoms. The van der Waals surface area contributed by atoms with E-state index in [1.165, 1.54) is 50.2 Å². The van der Waals surface area contributed by atoms with Crippen molar-refractivity contribution in [2.75, 3.05) is 40.3 Å². The van der Waals surface area contributed by atoms with Crippen molar-refractivity contribution < 1.29 is 48.1 Å². The quantitative estimate of drug-likeness (QED) is 0.0418. The lowest BCUT2D eigenvalue weighted by Gasteiger charge is -2.29. The predicted octanol–water partition coefficient (Wildman–Crippen LogP) is 1.08.